The third-order valence-electron chi connectivity index (χ3n) is 3.54. The maximum absolute atomic E-state index is 12.3. The molecular formula is C18H17N3OS2. The quantitative estimate of drug-likeness (QED) is 0.669. The van der Waals surface area contributed by atoms with Crippen molar-refractivity contribution in [3.8, 4) is 0 Å². The maximum atomic E-state index is 12.3. The van der Waals surface area contributed by atoms with Gasteiger partial charge >= 0.3 is 0 Å². The number of pyridine rings is 1. The molecule has 2 aromatic heterocycles. The lowest BCUT2D eigenvalue weighted by Gasteiger charge is -2.14. The van der Waals surface area contributed by atoms with Crippen molar-refractivity contribution in [3.63, 3.8) is 0 Å². The Morgan fingerprint density at radius 1 is 1.21 bits per heavy atom. The van der Waals surface area contributed by atoms with Crippen molar-refractivity contribution in [1.29, 1.82) is 0 Å². The molecule has 2 heterocycles. The zero-order valence-electron chi connectivity index (χ0n) is 13.2. The smallest absolute Gasteiger partial charge is 0.251 e. The number of hydrogen-bond acceptors (Lipinski definition) is 5. The summed E-state index contributed by atoms with van der Waals surface area (Å²) in [5.74, 6) is 0.768. The number of nitrogens with zero attached hydrogens (tertiary/aromatic N) is 2. The van der Waals surface area contributed by atoms with Crippen molar-refractivity contribution in [2.45, 2.75) is 23.6 Å². The molecule has 0 fully saturated rings. The highest BCUT2D eigenvalue weighted by atomic mass is 32.2. The van der Waals surface area contributed by atoms with Crippen molar-refractivity contribution in [3.05, 3.63) is 76.5 Å². The van der Waals surface area contributed by atoms with Crippen molar-refractivity contribution < 1.29 is 4.79 Å². The van der Waals surface area contributed by atoms with Gasteiger partial charge in [-0.25, -0.2) is 4.98 Å². The number of carbonyl (C=O) groups is 1. The first-order valence-electron chi connectivity index (χ1n) is 7.53. The van der Waals surface area contributed by atoms with Crippen LogP contribution < -0.4 is 5.32 Å². The summed E-state index contributed by atoms with van der Waals surface area (Å²) in [6, 6.07) is 11.4. The van der Waals surface area contributed by atoms with Crippen LogP contribution in [0.1, 0.15) is 34.6 Å². The average Bonchev–Trinajstić information content (AvgIpc) is 3.14. The second kappa shape index (κ2) is 8.08. The van der Waals surface area contributed by atoms with Crippen LogP contribution in [0.3, 0.4) is 0 Å². The van der Waals surface area contributed by atoms with Gasteiger partial charge in [-0.05, 0) is 48.9 Å². The van der Waals surface area contributed by atoms with E-state index in [1.807, 2.05) is 48.8 Å². The van der Waals surface area contributed by atoms with E-state index in [1.165, 1.54) is 0 Å². The van der Waals surface area contributed by atoms with E-state index in [9.17, 15) is 4.79 Å². The number of aromatic nitrogens is 2. The second-order valence-corrected chi connectivity index (χ2v) is 7.04. The van der Waals surface area contributed by atoms with Gasteiger partial charge in [-0.1, -0.05) is 0 Å². The Hall–Kier alpha value is -2.18. The van der Waals surface area contributed by atoms with Gasteiger partial charge in [-0.3, -0.25) is 9.78 Å². The highest BCUT2D eigenvalue weighted by Gasteiger charge is 2.11. The summed E-state index contributed by atoms with van der Waals surface area (Å²) in [6.07, 6.45) is 3.46. The Kier molecular flexibility index (Phi) is 5.61. The van der Waals surface area contributed by atoms with E-state index in [-0.39, 0.29) is 11.9 Å². The van der Waals surface area contributed by atoms with E-state index in [0.29, 0.717) is 5.56 Å². The zero-order chi connectivity index (χ0) is 16.8. The van der Waals surface area contributed by atoms with E-state index < -0.39 is 0 Å². The minimum atomic E-state index is -0.0737. The van der Waals surface area contributed by atoms with Crippen LogP contribution in [0.2, 0.25) is 0 Å². The molecule has 6 heteroatoms. The van der Waals surface area contributed by atoms with Crippen molar-refractivity contribution >= 4 is 29.0 Å². The van der Waals surface area contributed by atoms with Gasteiger partial charge in [0.2, 0.25) is 0 Å². The Morgan fingerprint density at radius 3 is 2.62 bits per heavy atom. The Bertz CT molecular complexity index is 774. The summed E-state index contributed by atoms with van der Waals surface area (Å²) in [7, 11) is 0. The summed E-state index contributed by atoms with van der Waals surface area (Å²) in [6.45, 7) is 1.96. The lowest BCUT2D eigenvalue weighted by molar-refractivity contribution is 0.0940. The number of carbonyl (C=O) groups excluding carboxylic acids is 1. The first-order chi connectivity index (χ1) is 11.7. The van der Waals surface area contributed by atoms with Gasteiger partial charge in [-0.15, -0.1) is 23.1 Å². The molecule has 1 amide bonds. The van der Waals surface area contributed by atoms with Crippen LogP contribution in [0.5, 0.6) is 0 Å². The topological polar surface area (TPSA) is 54.9 Å². The molecule has 0 saturated heterocycles. The van der Waals surface area contributed by atoms with Crippen LogP contribution in [0.15, 0.2) is 64.6 Å². The van der Waals surface area contributed by atoms with Crippen molar-refractivity contribution in [2.24, 2.45) is 0 Å². The maximum Gasteiger partial charge on any atom is 0.251 e. The molecule has 24 heavy (non-hydrogen) atoms. The number of amides is 1. The highest BCUT2D eigenvalue weighted by molar-refractivity contribution is 7.98. The summed E-state index contributed by atoms with van der Waals surface area (Å²) >= 11 is 3.32. The largest absolute Gasteiger partial charge is 0.346 e. The number of thioether (sulfide) groups is 1. The van der Waals surface area contributed by atoms with E-state index in [2.05, 4.69) is 20.7 Å². The molecule has 1 atom stereocenters. The SMILES string of the molecule is C[C@@H](NC(=O)c1ccc(SCc2cscn2)cc1)c1ccncc1. The summed E-state index contributed by atoms with van der Waals surface area (Å²) in [4.78, 5) is 21.7. The van der Waals surface area contributed by atoms with Gasteiger partial charge in [-0.2, -0.15) is 0 Å². The summed E-state index contributed by atoms with van der Waals surface area (Å²) in [5.41, 5.74) is 4.62. The molecule has 1 aromatic carbocycles. The molecule has 122 valence electrons. The lowest BCUT2D eigenvalue weighted by atomic mass is 10.1. The fraction of sp³-hybridized carbons (Fsp3) is 0.167. The first kappa shape index (κ1) is 16.7. The fourth-order valence-electron chi connectivity index (χ4n) is 2.18. The van der Waals surface area contributed by atoms with Crippen LogP contribution in [0, 0.1) is 0 Å². The third-order valence-corrected chi connectivity index (χ3v) is 5.22. The normalized spacial score (nSPS) is 11.9. The molecule has 0 spiro atoms. The van der Waals surface area contributed by atoms with Crippen LogP contribution in [0.4, 0.5) is 0 Å². The molecule has 3 aromatic rings. The van der Waals surface area contributed by atoms with Crippen LogP contribution in [0.25, 0.3) is 0 Å². The highest BCUT2D eigenvalue weighted by Crippen LogP contribution is 2.23. The predicted molar refractivity (Wildman–Crippen MR) is 98.2 cm³/mol. The Morgan fingerprint density at radius 2 is 1.96 bits per heavy atom. The van der Waals surface area contributed by atoms with E-state index in [1.54, 1.807) is 35.5 Å². The van der Waals surface area contributed by atoms with Crippen molar-refractivity contribution in [2.75, 3.05) is 0 Å². The second-order valence-electron chi connectivity index (χ2n) is 5.27. The number of benzene rings is 1. The number of hydrogen-bond donors (Lipinski definition) is 1. The van der Waals surface area contributed by atoms with E-state index in [4.69, 9.17) is 0 Å². The molecule has 0 unspecified atom stereocenters. The zero-order valence-corrected chi connectivity index (χ0v) is 14.8. The minimum Gasteiger partial charge on any atom is -0.346 e. The molecule has 0 bridgehead atoms. The summed E-state index contributed by atoms with van der Waals surface area (Å²) in [5, 5.41) is 5.06. The molecule has 0 aliphatic rings. The van der Waals surface area contributed by atoms with Gasteiger partial charge in [0.25, 0.3) is 5.91 Å². The summed E-state index contributed by atoms with van der Waals surface area (Å²) < 4.78 is 0. The van der Waals surface area contributed by atoms with Gasteiger partial charge in [0.15, 0.2) is 0 Å². The molecular weight excluding hydrogens is 338 g/mol. The molecule has 0 radical (unpaired) electrons. The monoisotopic (exact) mass is 355 g/mol. The average molecular weight is 355 g/mol. The van der Waals surface area contributed by atoms with Gasteiger partial charge in [0.05, 0.1) is 17.2 Å². The Labute approximate surface area is 149 Å². The minimum absolute atomic E-state index is 0.0563. The number of rotatable bonds is 6. The van der Waals surface area contributed by atoms with E-state index in [0.717, 1.165) is 21.9 Å². The molecule has 3 rings (SSSR count). The van der Waals surface area contributed by atoms with Crippen molar-refractivity contribution in [1.82, 2.24) is 15.3 Å². The first-order valence-corrected chi connectivity index (χ1v) is 9.46. The molecule has 4 nitrogen and oxygen atoms in total. The third kappa shape index (κ3) is 4.43. The van der Waals surface area contributed by atoms with Crippen LogP contribution >= 0.6 is 23.1 Å². The van der Waals surface area contributed by atoms with E-state index >= 15 is 0 Å². The predicted octanol–water partition coefficient (Wildman–Crippen LogP) is 4.32. The number of nitrogens with one attached hydrogen (secondary N) is 1. The van der Waals surface area contributed by atoms with Gasteiger partial charge < -0.3 is 5.32 Å². The van der Waals surface area contributed by atoms with Gasteiger partial charge in [0.1, 0.15) is 0 Å². The fourth-order valence-corrected chi connectivity index (χ4v) is 3.65. The molecule has 0 aliphatic carbocycles. The molecule has 0 aliphatic heterocycles. The van der Waals surface area contributed by atoms with Crippen LogP contribution in [-0.4, -0.2) is 15.9 Å². The van der Waals surface area contributed by atoms with Crippen LogP contribution in [-0.2, 0) is 5.75 Å². The lowest BCUT2D eigenvalue weighted by Crippen LogP contribution is -2.26. The molecule has 0 saturated carbocycles. The standard InChI is InChI=1S/C18H17N3OS2/c1-13(14-6-8-19-9-7-14)21-18(22)15-2-4-17(5-3-15)24-11-16-10-23-12-20-16/h2-10,12-13H,11H2,1H3,(H,21,22)/t13-/m1/s1. The number of thiazole rings is 1. The molecule has 1 N–H and O–H groups in total. The van der Waals surface area contributed by atoms with Gasteiger partial charge in [0, 0.05) is 34.0 Å². The Balaban J connectivity index is 1.57.